The molecular weight excluding hydrogens is 167 g/mol. The molecule has 1 aliphatic heterocycles. The van der Waals surface area contributed by atoms with Crippen molar-refractivity contribution in [3.8, 4) is 0 Å². The summed E-state index contributed by atoms with van der Waals surface area (Å²) in [6.45, 7) is 2.87. The summed E-state index contributed by atoms with van der Waals surface area (Å²) in [6.07, 6.45) is 1.87. The number of hydrogen-bond acceptors (Lipinski definition) is 2. The number of piperidine rings is 1. The van der Waals surface area contributed by atoms with Crippen LogP contribution in [-0.2, 0) is 9.59 Å². The maximum atomic E-state index is 11.5. The van der Waals surface area contributed by atoms with Gasteiger partial charge in [0.15, 0.2) is 0 Å². The molecule has 5 heteroatoms. The zero-order valence-corrected chi connectivity index (χ0v) is 7.91. The van der Waals surface area contributed by atoms with Crippen LogP contribution in [0, 0.1) is 11.3 Å². The summed E-state index contributed by atoms with van der Waals surface area (Å²) in [7, 11) is 1.61. The van der Waals surface area contributed by atoms with Gasteiger partial charge in [-0.2, -0.15) is 0 Å². The lowest BCUT2D eigenvalue weighted by Gasteiger charge is -2.21. The maximum Gasteiger partial charge on any atom is 0.230 e. The molecule has 3 atom stereocenters. The van der Waals surface area contributed by atoms with Crippen molar-refractivity contribution >= 4 is 20.3 Å². The van der Waals surface area contributed by atoms with Crippen molar-refractivity contribution in [1.29, 1.82) is 0 Å². The molecule has 2 fully saturated rings. The second-order valence-corrected chi connectivity index (χ2v) is 4.30. The van der Waals surface area contributed by atoms with Gasteiger partial charge in [0.2, 0.25) is 20.3 Å². The molecule has 4 nitrogen and oxygen atoms in total. The number of fused-ring (bicyclic) bond motifs is 1. The molecule has 1 N–H and O–H groups in total. The molecule has 0 radical (unpaired) electrons. The van der Waals surface area contributed by atoms with Crippen LogP contribution < -0.4 is 5.23 Å². The molecule has 0 aromatic heterocycles. The predicted molar refractivity (Wildman–Crippen MR) is 49.5 cm³/mol. The minimum atomic E-state index is -0.215. The smallest absolute Gasteiger partial charge is 0.230 e. The van der Waals surface area contributed by atoms with E-state index in [1.807, 2.05) is 0 Å². The third-order valence-electron chi connectivity index (χ3n) is 3.35. The molecule has 0 spiro atoms. The van der Waals surface area contributed by atoms with Crippen LogP contribution in [0.4, 0.5) is 0 Å². The Morgan fingerprint density at radius 3 is 3.00 bits per heavy atom. The summed E-state index contributed by atoms with van der Waals surface area (Å²) in [5.41, 5.74) is 0.220. The first-order valence-electron chi connectivity index (χ1n) is 4.55. The maximum absolute atomic E-state index is 11.5. The molecule has 13 heavy (non-hydrogen) atoms. The molecule has 0 bridgehead atoms. The third kappa shape index (κ3) is 1.06. The zero-order chi connectivity index (χ0) is 9.64. The van der Waals surface area contributed by atoms with Gasteiger partial charge in [-0.15, -0.1) is 0 Å². The molecule has 1 saturated carbocycles. The van der Waals surface area contributed by atoms with Gasteiger partial charge in [-0.3, -0.25) is 9.59 Å². The van der Waals surface area contributed by atoms with Gasteiger partial charge in [-0.1, -0.05) is 6.92 Å². The highest BCUT2D eigenvalue weighted by atomic mass is 16.2. The molecule has 2 aliphatic rings. The summed E-state index contributed by atoms with van der Waals surface area (Å²) in [6, 6.07) is -0.215. The van der Waals surface area contributed by atoms with E-state index in [-0.39, 0.29) is 17.4 Å². The molecule has 1 aliphatic carbocycles. The Morgan fingerprint density at radius 2 is 2.46 bits per heavy atom. The van der Waals surface area contributed by atoms with E-state index in [1.54, 1.807) is 12.9 Å². The van der Waals surface area contributed by atoms with Crippen molar-refractivity contribution < 1.29 is 9.59 Å². The van der Waals surface area contributed by atoms with Crippen molar-refractivity contribution in [1.82, 2.24) is 10.1 Å². The van der Waals surface area contributed by atoms with Crippen LogP contribution in [0.2, 0.25) is 0 Å². The molecular formula is C8H13BN2O2. The van der Waals surface area contributed by atoms with E-state index in [0.717, 1.165) is 19.4 Å². The monoisotopic (exact) mass is 180 g/mol. The predicted octanol–water partition coefficient (Wildman–Crippen LogP) is -1.48. The molecule has 1 saturated heterocycles. The van der Waals surface area contributed by atoms with Gasteiger partial charge in [0.25, 0.3) is 0 Å². The van der Waals surface area contributed by atoms with Crippen molar-refractivity contribution in [2.45, 2.75) is 19.4 Å². The number of carbonyl (C=O) groups excluding carboxylic acids is 2. The molecule has 2 amide bonds. The van der Waals surface area contributed by atoms with Crippen LogP contribution >= 0.6 is 0 Å². The summed E-state index contributed by atoms with van der Waals surface area (Å²) in [5.74, 6) is 0.357. The van der Waals surface area contributed by atoms with Crippen LogP contribution in [0.25, 0.3) is 0 Å². The van der Waals surface area contributed by atoms with E-state index < -0.39 is 0 Å². The van der Waals surface area contributed by atoms with E-state index in [9.17, 15) is 9.59 Å². The van der Waals surface area contributed by atoms with Crippen molar-refractivity contribution in [3.63, 3.8) is 0 Å². The van der Waals surface area contributed by atoms with Gasteiger partial charge >= 0.3 is 0 Å². The van der Waals surface area contributed by atoms with E-state index >= 15 is 0 Å². The molecule has 3 unspecified atom stereocenters. The molecule has 1 heterocycles. The molecule has 0 aromatic carbocycles. The second kappa shape index (κ2) is 2.50. The van der Waals surface area contributed by atoms with E-state index in [1.165, 1.54) is 0 Å². The Balaban J connectivity index is 2.16. The van der Waals surface area contributed by atoms with E-state index in [0.29, 0.717) is 5.92 Å². The van der Waals surface area contributed by atoms with Gasteiger partial charge in [0.05, 0.1) is 0 Å². The van der Waals surface area contributed by atoms with Crippen molar-refractivity contribution in [2.75, 3.05) is 6.54 Å². The van der Waals surface area contributed by atoms with E-state index in [2.05, 4.69) is 12.2 Å². The summed E-state index contributed by atoms with van der Waals surface area (Å²) in [5, 5.41) is 2.61. The number of carbonyl (C=O) groups is 2. The van der Waals surface area contributed by atoms with Crippen LogP contribution in [0.3, 0.4) is 0 Å². The van der Waals surface area contributed by atoms with Gasteiger partial charge in [-0.05, 0) is 17.8 Å². The topological polar surface area (TPSA) is 49.4 Å². The second-order valence-electron chi connectivity index (χ2n) is 4.30. The lowest BCUT2D eigenvalue weighted by Crippen LogP contribution is -2.44. The average molecular weight is 180 g/mol. The van der Waals surface area contributed by atoms with Gasteiger partial charge in [-0.25, -0.2) is 0 Å². The highest BCUT2D eigenvalue weighted by Crippen LogP contribution is 2.60. The number of rotatable bonds is 2. The number of amides is 2. The molecule has 2 rings (SSSR count). The fourth-order valence-corrected chi connectivity index (χ4v) is 2.45. The minimum Gasteiger partial charge on any atom is -0.404 e. The Labute approximate surface area is 78.1 Å². The quantitative estimate of drug-likeness (QED) is 0.416. The number of nitrogens with zero attached hydrogens (tertiary/aromatic N) is 1. The fraction of sp³-hybridized carbons (Fsp3) is 0.750. The standard InChI is InChI=1S/C8H13BN2O2/c1-8-2-5(8)6(7(13)10-9)11(3-8)4-12/h4-6H,2-3,9H2,1H3,(H,10,13). The Kier molecular flexibility index (Phi) is 1.65. The SMILES string of the molecule is BNC(=O)C1C2CC2(C)CN1C=O. The van der Waals surface area contributed by atoms with Crippen LogP contribution in [-0.4, -0.2) is 37.8 Å². The van der Waals surface area contributed by atoms with Crippen LogP contribution in [0.5, 0.6) is 0 Å². The van der Waals surface area contributed by atoms with Crippen LogP contribution in [0.15, 0.2) is 0 Å². The van der Waals surface area contributed by atoms with E-state index in [4.69, 9.17) is 0 Å². The zero-order valence-electron chi connectivity index (χ0n) is 7.91. The lowest BCUT2D eigenvalue weighted by atomic mass is 10.1. The number of likely N-dealkylation sites (tertiary alicyclic amines) is 1. The van der Waals surface area contributed by atoms with Crippen molar-refractivity contribution in [3.05, 3.63) is 0 Å². The number of nitrogens with one attached hydrogen (secondary N) is 1. The lowest BCUT2D eigenvalue weighted by molar-refractivity contribution is -0.131. The molecule has 0 aromatic rings. The van der Waals surface area contributed by atoms with Gasteiger partial charge in [0, 0.05) is 6.54 Å². The Morgan fingerprint density at radius 1 is 1.77 bits per heavy atom. The Bertz CT molecular complexity index is 271. The number of hydrogen-bond donors (Lipinski definition) is 1. The first kappa shape index (κ1) is 8.60. The summed E-state index contributed by atoms with van der Waals surface area (Å²) < 4.78 is 0. The highest BCUT2D eigenvalue weighted by Gasteiger charge is 2.63. The largest absolute Gasteiger partial charge is 0.404 e. The minimum absolute atomic E-state index is 0.0293. The van der Waals surface area contributed by atoms with Gasteiger partial charge in [0.1, 0.15) is 6.04 Å². The summed E-state index contributed by atoms with van der Waals surface area (Å²) >= 11 is 0. The average Bonchev–Trinajstić information content (AvgIpc) is 2.68. The Hall–Kier alpha value is -0.995. The van der Waals surface area contributed by atoms with Crippen molar-refractivity contribution in [2.24, 2.45) is 11.3 Å². The van der Waals surface area contributed by atoms with Crippen LogP contribution in [0.1, 0.15) is 13.3 Å². The fourth-order valence-electron chi connectivity index (χ4n) is 2.45. The first-order valence-corrected chi connectivity index (χ1v) is 4.55. The highest BCUT2D eigenvalue weighted by molar-refractivity contribution is 6.15. The molecule has 70 valence electrons. The summed E-state index contributed by atoms with van der Waals surface area (Å²) in [4.78, 5) is 23.8. The van der Waals surface area contributed by atoms with Gasteiger partial charge < -0.3 is 10.1 Å². The first-order chi connectivity index (χ1) is 6.12. The third-order valence-corrected chi connectivity index (χ3v) is 3.35. The normalized spacial score (nSPS) is 41.2.